The number of Topliss-reactive ketones (excluding diaryl/α,β-unsaturated/α-hetero) is 1. The van der Waals surface area contributed by atoms with Crippen LogP contribution in [0.3, 0.4) is 0 Å². The Bertz CT molecular complexity index is 439. The molecule has 0 aliphatic rings. The number of rotatable bonds is 5. The highest BCUT2D eigenvalue weighted by atomic mass is 16.5. The van der Waals surface area contributed by atoms with Gasteiger partial charge in [0.05, 0.1) is 7.11 Å². The maximum Gasteiger partial charge on any atom is 0.337 e. The molecule has 5 nitrogen and oxygen atoms in total. The lowest BCUT2D eigenvalue weighted by Gasteiger charge is -2.11. The number of aliphatic hydroxyl groups excluding tert-OH is 1. The fourth-order valence-corrected chi connectivity index (χ4v) is 1.49. The predicted molar refractivity (Wildman–Crippen MR) is 60.0 cm³/mol. The van der Waals surface area contributed by atoms with Crippen LogP contribution < -0.4 is 4.74 Å². The summed E-state index contributed by atoms with van der Waals surface area (Å²) in [6, 6.07) is 4.48. The van der Waals surface area contributed by atoms with Crippen molar-refractivity contribution in [1.82, 2.24) is 0 Å². The Morgan fingerprint density at radius 1 is 1.41 bits per heavy atom. The van der Waals surface area contributed by atoms with E-state index in [9.17, 15) is 14.7 Å². The summed E-state index contributed by atoms with van der Waals surface area (Å²) in [4.78, 5) is 21.6. The van der Waals surface area contributed by atoms with E-state index < -0.39 is 12.1 Å². The van der Waals surface area contributed by atoms with Crippen molar-refractivity contribution < 1.29 is 24.5 Å². The number of carboxylic acid groups (broad SMARTS) is 1. The third kappa shape index (κ3) is 3.29. The normalized spacial score (nSPS) is 11.9. The van der Waals surface area contributed by atoms with E-state index in [2.05, 4.69) is 0 Å². The van der Waals surface area contributed by atoms with Crippen LogP contribution in [0.2, 0.25) is 0 Å². The van der Waals surface area contributed by atoms with Crippen LogP contribution >= 0.6 is 0 Å². The monoisotopic (exact) mass is 238 g/mol. The van der Waals surface area contributed by atoms with Crippen molar-refractivity contribution in [2.45, 2.75) is 19.4 Å². The van der Waals surface area contributed by atoms with E-state index in [1.165, 1.54) is 26.2 Å². The maximum atomic E-state index is 11.0. The molecule has 0 spiro atoms. The Kier molecular flexibility index (Phi) is 4.23. The van der Waals surface area contributed by atoms with Crippen LogP contribution in [-0.4, -0.2) is 29.1 Å². The number of carboxylic acids is 1. The van der Waals surface area contributed by atoms with E-state index in [4.69, 9.17) is 9.84 Å². The Hall–Kier alpha value is -1.88. The summed E-state index contributed by atoms with van der Waals surface area (Å²) >= 11 is 0. The van der Waals surface area contributed by atoms with E-state index >= 15 is 0 Å². The molecule has 0 aromatic heterocycles. The molecule has 0 heterocycles. The molecule has 92 valence electrons. The minimum absolute atomic E-state index is 0.0187. The summed E-state index contributed by atoms with van der Waals surface area (Å²) in [5.41, 5.74) is 0.892. The highest BCUT2D eigenvalue weighted by Gasteiger charge is 2.17. The van der Waals surface area contributed by atoms with E-state index in [1.807, 2.05) is 0 Å². The molecule has 0 aliphatic carbocycles. The van der Waals surface area contributed by atoms with E-state index in [0.717, 1.165) is 0 Å². The van der Waals surface area contributed by atoms with Crippen LogP contribution in [-0.2, 0) is 16.0 Å². The van der Waals surface area contributed by atoms with Gasteiger partial charge in [0, 0.05) is 12.0 Å². The number of ketones is 1. The molecule has 0 bridgehead atoms. The van der Waals surface area contributed by atoms with Gasteiger partial charge in [-0.05, 0) is 18.6 Å². The third-order valence-corrected chi connectivity index (χ3v) is 2.30. The lowest BCUT2D eigenvalue weighted by Crippen LogP contribution is -2.11. The molecule has 0 radical (unpaired) electrons. The first-order valence-electron chi connectivity index (χ1n) is 5.02. The van der Waals surface area contributed by atoms with Crippen molar-refractivity contribution in [2.24, 2.45) is 0 Å². The summed E-state index contributed by atoms with van der Waals surface area (Å²) in [7, 11) is 1.43. The van der Waals surface area contributed by atoms with Crippen molar-refractivity contribution in [3.05, 3.63) is 29.3 Å². The summed E-state index contributed by atoms with van der Waals surface area (Å²) < 4.78 is 5.06. The largest absolute Gasteiger partial charge is 0.496 e. The topological polar surface area (TPSA) is 83.8 Å². The summed E-state index contributed by atoms with van der Waals surface area (Å²) in [5, 5.41) is 18.0. The molecule has 2 N–H and O–H groups in total. The number of carbonyl (C=O) groups is 2. The summed E-state index contributed by atoms with van der Waals surface area (Å²) in [6.45, 7) is 1.46. The molecular formula is C12H14O5. The van der Waals surface area contributed by atoms with Crippen molar-refractivity contribution >= 4 is 11.8 Å². The molecular weight excluding hydrogens is 224 g/mol. The van der Waals surface area contributed by atoms with Gasteiger partial charge in [-0.2, -0.15) is 0 Å². The minimum atomic E-state index is -1.59. The number of methoxy groups -OCH3 is 1. The van der Waals surface area contributed by atoms with Crippen molar-refractivity contribution in [1.29, 1.82) is 0 Å². The fraction of sp³-hybridized carbons (Fsp3) is 0.333. The quantitative estimate of drug-likeness (QED) is 0.797. The SMILES string of the molecule is COc1cc(C(O)C(=O)O)ccc1CC(C)=O. The molecule has 0 amide bonds. The van der Waals surface area contributed by atoms with E-state index in [-0.39, 0.29) is 17.8 Å². The molecule has 1 atom stereocenters. The van der Waals surface area contributed by atoms with Crippen molar-refractivity contribution in [2.75, 3.05) is 7.11 Å². The van der Waals surface area contributed by atoms with Gasteiger partial charge in [0.25, 0.3) is 0 Å². The molecule has 0 aliphatic heterocycles. The lowest BCUT2D eigenvalue weighted by atomic mass is 10.0. The van der Waals surface area contributed by atoms with Crippen LogP contribution in [0, 0.1) is 0 Å². The van der Waals surface area contributed by atoms with Gasteiger partial charge in [-0.1, -0.05) is 12.1 Å². The average Bonchev–Trinajstić information content (AvgIpc) is 2.27. The standard InChI is InChI=1S/C12H14O5/c1-7(13)5-8-3-4-9(6-10(8)17-2)11(14)12(15)16/h3-4,6,11,14H,5H2,1-2H3,(H,15,16). The zero-order valence-electron chi connectivity index (χ0n) is 9.64. The Balaban J connectivity index is 3.07. The number of ether oxygens (including phenoxy) is 1. The number of carbonyl (C=O) groups excluding carboxylic acids is 1. The van der Waals surface area contributed by atoms with Crippen molar-refractivity contribution in [3.8, 4) is 5.75 Å². The number of hydrogen-bond donors (Lipinski definition) is 2. The molecule has 1 aromatic carbocycles. The molecule has 5 heteroatoms. The van der Waals surface area contributed by atoms with Crippen LogP contribution in [0.25, 0.3) is 0 Å². The highest BCUT2D eigenvalue weighted by molar-refractivity contribution is 5.79. The molecule has 1 aromatic rings. The first kappa shape index (κ1) is 13.2. The molecule has 0 saturated heterocycles. The second-order valence-electron chi connectivity index (χ2n) is 3.69. The highest BCUT2D eigenvalue weighted by Crippen LogP contribution is 2.24. The van der Waals surface area contributed by atoms with Gasteiger partial charge in [0.15, 0.2) is 6.10 Å². The lowest BCUT2D eigenvalue weighted by molar-refractivity contribution is -0.147. The molecule has 1 rings (SSSR count). The Labute approximate surface area is 98.6 Å². The van der Waals surface area contributed by atoms with Crippen LogP contribution in [0.4, 0.5) is 0 Å². The number of benzene rings is 1. The van der Waals surface area contributed by atoms with Crippen LogP contribution in [0.15, 0.2) is 18.2 Å². The van der Waals surface area contributed by atoms with Gasteiger partial charge in [-0.25, -0.2) is 4.79 Å². The molecule has 17 heavy (non-hydrogen) atoms. The van der Waals surface area contributed by atoms with Gasteiger partial charge in [0.2, 0.25) is 0 Å². The number of aliphatic hydroxyl groups is 1. The smallest absolute Gasteiger partial charge is 0.337 e. The number of hydrogen-bond acceptors (Lipinski definition) is 4. The second kappa shape index (κ2) is 5.45. The summed E-state index contributed by atoms with van der Waals surface area (Å²) in [6.07, 6.45) is -1.37. The first-order chi connectivity index (χ1) is 7.95. The van der Waals surface area contributed by atoms with Gasteiger partial charge < -0.3 is 14.9 Å². The van der Waals surface area contributed by atoms with Gasteiger partial charge in [0.1, 0.15) is 11.5 Å². The molecule has 0 saturated carbocycles. The Morgan fingerprint density at radius 3 is 2.53 bits per heavy atom. The zero-order chi connectivity index (χ0) is 13.0. The number of aliphatic carboxylic acids is 1. The summed E-state index contributed by atoms with van der Waals surface area (Å²) in [5.74, 6) is -0.945. The average molecular weight is 238 g/mol. The van der Waals surface area contributed by atoms with Crippen LogP contribution in [0.5, 0.6) is 5.75 Å². The molecule has 1 unspecified atom stereocenters. The van der Waals surface area contributed by atoms with Gasteiger partial charge in [-0.15, -0.1) is 0 Å². The second-order valence-corrected chi connectivity index (χ2v) is 3.69. The predicted octanol–water partition coefficient (Wildman–Crippen LogP) is 0.945. The zero-order valence-corrected chi connectivity index (χ0v) is 9.64. The van der Waals surface area contributed by atoms with Gasteiger partial charge >= 0.3 is 5.97 Å². The van der Waals surface area contributed by atoms with E-state index in [1.54, 1.807) is 6.07 Å². The minimum Gasteiger partial charge on any atom is -0.496 e. The Morgan fingerprint density at radius 2 is 2.06 bits per heavy atom. The third-order valence-electron chi connectivity index (χ3n) is 2.30. The van der Waals surface area contributed by atoms with Gasteiger partial charge in [-0.3, -0.25) is 4.79 Å². The molecule has 0 fully saturated rings. The van der Waals surface area contributed by atoms with Crippen LogP contribution in [0.1, 0.15) is 24.2 Å². The maximum absolute atomic E-state index is 11.0. The van der Waals surface area contributed by atoms with E-state index in [0.29, 0.717) is 11.3 Å². The first-order valence-corrected chi connectivity index (χ1v) is 5.02. The van der Waals surface area contributed by atoms with Crippen molar-refractivity contribution in [3.63, 3.8) is 0 Å². The fourth-order valence-electron chi connectivity index (χ4n) is 1.49.